The van der Waals surface area contributed by atoms with Crippen LogP contribution in [0.5, 0.6) is 5.75 Å². The van der Waals surface area contributed by atoms with E-state index in [0.29, 0.717) is 11.5 Å². The molecule has 178 valence electrons. The largest absolute Gasteiger partial charge is 0.501 e. The van der Waals surface area contributed by atoms with Crippen molar-refractivity contribution in [1.82, 2.24) is 29.7 Å². The Morgan fingerprint density at radius 3 is 2.63 bits per heavy atom. The van der Waals surface area contributed by atoms with Crippen LogP contribution < -0.4 is 4.74 Å². The number of methoxy groups -OCH3 is 1. The van der Waals surface area contributed by atoms with E-state index in [1.807, 2.05) is 24.3 Å². The molecule has 0 unspecified atom stereocenters. The van der Waals surface area contributed by atoms with Crippen molar-refractivity contribution in [3.05, 3.63) is 77.1 Å². The van der Waals surface area contributed by atoms with Gasteiger partial charge in [0, 0.05) is 36.4 Å². The predicted octanol–water partition coefficient (Wildman–Crippen LogP) is 4.29. The van der Waals surface area contributed by atoms with Crippen LogP contribution >= 0.6 is 0 Å². The number of rotatable bonds is 7. The first-order chi connectivity index (χ1) is 17.3. The Kier molecular flexibility index (Phi) is 5.88. The molecule has 35 heavy (non-hydrogen) atoms. The molecule has 0 spiro atoms. The summed E-state index contributed by atoms with van der Waals surface area (Å²) >= 11 is 0. The zero-order valence-corrected chi connectivity index (χ0v) is 19.9. The summed E-state index contributed by atoms with van der Waals surface area (Å²) in [4.78, 5) is 6.98. The summed E-state index contributed by atoms with van der Waals surface area (Å²) in [5, 5.41) is 13.4. The average Bonchev–Trinajstić information content (AvgIpc) is 3.57. The number of pyridine rings is 1. The van der Waals surface area contributed by atoms with Crippen molar-refractivity contribution in [2.24, 2.45) is 0 Å². The first kappa shape index (κ1) is 21.7. The number of nitrogens with zero attached hydrogens (tertiary/aromatic N) is 6. The van der Waals surface area contributed by atoms with Crippen LogP contribution in [0.2, 0.25) is 0 Å². The molecule has 0 radical (unpaired) electrons. The highest BCUT2D eigenvalue weighted by atomic mass is 16.5. The van der Waals surface area contributed by atoms with E-state index in [9.17, 15) is 0 Å². The third-order valence-electron chi connectivity index (χ3n) is 6.77. The van der Waals surface area contributed by atoms with Crippen LogP contribution in [0.15, 0.2) is 54.4 Å². The lowest BCUT2D eigenvalue weighted by Gasteiger charge is -2.18. The minimum atomic E-state index is 0.268. The number of hydrogen-bond donors (Lipinski definition) is 0. The monoisotopic (exact) mass is 468 g/mol. The summed E-state index contributed by atoms with van der Waals surface area (Å²) in [6.45, 7) is 3.68. The summed E-state index contributed by atoms with van der Waals surface area (Å²) in [6.07, 6.45) is 8.01. The molecule has 1 aliphatic carbocycles. The zero-order valence-electron chi connectivity index (χ0n) is 19.9. The van der Waals surface area contributed by atoms with Gasteiger partial charge in [0.15, 0.2) is 11.5 Å². The van der Waals surface area contributed by atoms with Crippen LogP contribution in [0.3, 0.4) is 0 Å². The first-order valence-corrected chi connectivity index (χ1v) is 12.1. The van der Waals surface area contributed by atoms with Gasteiger partial charge in [-0.25, -0.2) is 0 Å². The standard InChI is InChI=1S/C27H28N6O2/c1-34-21-8-9-22-24(16-21)28-13-12-25(22)35-18-27-30-29-26-11-10-23(31-33(26)27)20-6-4-19(5-7-20)17-32-14-2-3-15-32/h4-7,10-13,16H,2-3,8-9,14-15,17-18H2,1H3. The van der Waals surface area contributed by atoms with Gasteiger partial charge in [-0.05, 0) is 56.1 Å². The van der Waals surface area contributed by atoms with Gasteiger partial charge in [0.1, 0.15) is 12.4 Å². The molecule has 0 N–H and O–H groups in total. The maximum Gasteiger partial charge on any atom is 0.192 e. The smallest absolute Gasteiger partial charge is 0.192 e. The summed E-state index contributed by atoms with van der Waals surface area (Å²) in [6, 6.07) is 14.5. The van der Waals surface area contributed by atoms with Crippen LogP contribution in [0.1, 0.15) is 41.9 Å². The van der Waals surface area contributed by atoms with Crippen LogP contribution in [-0.4, -0.2) is 49.9 Å². The van der Waals surface area contributed by atoms with Gasteiger partial charge in [-0.3, -0.25) is 9.88 Å². The molecule has 4 aromatic rings. The van der Waals surface area contributed by atoms with Gasteiger partial charge in [0.05, 0.1) is 24.3 Å². The number of fused-ring (bicyclic) bond motifs is 2. The molecule has 8 nitrogen and oxygen atoms in total. The Morgan fingerprint density at radius 2 is 1.80 bits per heavy atom. The SMILES string of the molecule is COC1=Cc2nccc(OCc3nnc4ccc(-c5ccc(CN6CCCC6)cc5)nn34)c2CC1. The minimum absolute atomic E-state index is 0.268. The molecule has 1 saturated heterocycles. The molecular formula is C27H28N6O2. The molecule has 0 atom stereocenters. The van der Waals surface area contributed by atoms with E-state index in [1.54, 1.807) is 17.8 Å². The molecule has 2 aliphatic rings. The Labute approximate surface area is 204 Å². The van der Waals surface area contributed by atoms with E-state index in [2.05, 4.69) is 44.3 Å². The molecular weight excluding hydrogens is 440 g/mol. The van der Waals surface area contributed by atoms with Crippen molar-refractivity contribution in [2.75, 3.05) is 20.2 Å². The fraction of sp³-hybridized carbons (Fsp3) is 0.333. The van der Waals surface area contributed by atoms with Gasteiger partial charge in [-0.15, -0.1) is 10.2 Å². The van der Waals surface area contributed by atoms with E-state index in [0.717, 1.165) is 53.4 Å². The molecule has 1 aliphatic heterocycles. The van der Waals surface area contributed by atoms with Crippen LogP contribution in [-0.2, 0) is 24.3 Å². The lowest BCUT2D eigenvalue weighted by Crippen LogP contribution is -2.18. The molecule has 1 aromatic carbocycles. The Morgan fingerprint density at radius 1 is 0.943 bits per heavy atom. The number of hydrogen-bond acceptors (Lipinski definition) is 7. The van der Waals surface area contributed by atoms with Crippen LogP contribution in [0.25, 0.3) is 23.0 Å². The maximum absolute atomic E-state index is 6.17. The molecule has 1 fully saturated rings. The quantitative estimate of drug-likeness (QED) is 0.400. The van der Waals surface area contributed by atoms with E-state index in [4.69, 9.17) is 14.6 Å². The predicted molar refractivity (Wildman–Crippen MR) is 133 cm³/mol. The zero-order chi connectivity index (χ0) is 23.6. The molecule has 0 saturated carbocycles. The fourth-order valence-electron chi connectivity index (χ4n) is 4.83. The summed E-state index contributed by atoms with van der Waals surface area (Å²) in [5.74, 6) is 2.40. The van der Waals surface area contributed by atoms with Gasteiger partial charge in [-0.2, -0.15) is 9.61 Å². The first-order valence-electron chi connectivity index (χ1n) is 12.1. The molecule has 0 bridgehead atoms. The molecule has 4 heterocycles. The van der Waals surface area contributed by atoms with Gasteiger partial charge in [0.25, 0.3) is 0 Å². The van der Waals surface area contributed by atoms with Crippen molar-refractivity contribution in [3.8, 4) is 17.0 Å². The fourth-order valence-corrected chi connectivity index (χ4v) is 4.83. The molecule has 8 heteroatoms. The van der Waals surface area contributed by atoms with Gasteiger partial charge in [-0.1, -0.05) is 24.3 Å². The average molecular weight is 469 g/mol. The van der Waals surface area contributed by atoms with Crippen molar-refractivity contribution in [2.45, 2.75) is 38.8 Å². The number of likely N-dealkylation sites (tertiary alicyclic amines) is 1. The Hall–Kier alpha value is -3.78. The second kappa shape index (κ2) is 9.46. The van der Waals surface area contributed by atoms with E-state index >= 15 is 0 Å². The highest BCUT2D eigenvalue weighted by Crippen LogP contribution is 2.30. The third kappa shape index (κ3) is 4.49. The van der Waals surface area contributed by atoms with Gasteiger partial charge >= 0.3 is 0 Å². The van der Waals surface area contributed by atoms with E-state index < -0.39 is 0 Å². The second-order valence-corrected chi connectivity index (χ2v) is 9.06. The maximum atomic E-state index is 6.17. The van der Waals surface area contributed by atoms with Gasteiger partial charge in [0.2, 0.25) is 0 Å². The van der Waals surface area contributed by atoms with Crippen molar-refractivity contribution >= 4 is 11.7 Å². The highest BCUT2D eigenvalue weighted by Gasteiger charge is 2.18. The van der Waals surface area contributed by atoms with Crippen molar-refractivity contribution in [1.29, 1.82) is 0 Å². The topological polar surface area (TPSA) is 77.7 Å². The number of benzene rings is 1. The Balaban J connectivity index is 1.20. The van der Waals surface area contributed by atoms with Gasteiger partial charge < -0.3 is 9.47 Å². The number of allylic oxidation sites excluding steroid dienone is 1. The summed E-state index contributed by atoms with van der Waals surface area (Å²) in [7, 11) is 1.69. The Bertz CT molecular complexity index is 1370. The molecule has 6 rings (SSSR count). The van der Waals surface area contributed by atoms with E-state index in [-0.39, 0.29) is 6.61 Å². The van der Waals surface area contributed by atoms with E-state index in [1.165, 1.54) is 31.5 Å². The molecule has 3 aromatic heterocycles. The van der Waals surface area contributed by atoms with Crippen molar-refractivity contribution < 1.29 is 9.47 Å². The lowest BCUT2D eigenvalue weighted by atomic mass is 10.00. The number of ether oxygens (including phenoxy) is 2. The second-order valence-electron chi connectivity index (χ2n) is 9.06. The highest BCUT2D eigenvalue weighted by molar-refractivity contribution is 5.61. The van der Waals surface area contributed by atoms with Crippen LogP contribution in [0.4, 0.5) is 0 Å². The normalized spacial score (nSPS) is 15.7. The molecule has 0 amide bonds. The summed E-state index contributed by atoms with van der Waals surface area (Å²) in [5.41, 5.74) is 5.96. The van der Waals surface area contributed by atoms with Crippen molar-refractivity contribution in [3.63, 3.8) is 0 Å². The summed E-state index contributed by atoms with van der Waals surface area (Å²) < 4.78 is 13.3. The third-order valence-corrected chi connectivity index (χ3v) is 6.77. The lowest BCUT2D eigenvalue weighted by molar-refractivity contribution is 0.274. The minimum Gasteiger partial charge on any atom is -0.501 e. The number of aromatic nitrogens is 5. The van der Waals surface area contributed by atoms with Crippen LogP contribution in [0, 0.1) is 0 Å².